The highest BCUT2D eigenvalue weighted by molar-refractivity contribution is 5.72. The van der Waals surface area contributed by atoms with Gasteiger partial charge in [0.15, 0.2) is 0 Å². The minimum absolute atomic E-state index is 0.0950. The van der Waals surface area contributed by atoms with Crippen LogP contribution in [0.5, 0.6) is 0 Å². The second-order valence-electron chi connectivity index (χ2n) is 2.28. The molecule has 0 spiro atoms. The highest BCUT2D eigenvalue weighted by Gasteiger charge is 2.11. The average Bonchev–Trinajstić information content (AvgIpc) is 2.00. The third kappa shape index (κ3) is 4.44. The zero-order valence-corrected chi connectivity index (χ0v) is 7.31. The first kappa shape index (κ1) is 10.0. The summed E-state index contributed by atoms with van der Waals surface area (Å²) in [6.07, 6.45) is 0.593. The molecule has 0 aliphatic rings. The molecule has 0 amide bonds. The zero-order chi connectivity index (χ0) is 8.69. The fourth-order valence-corrected chi connectivity index (χ4v) is 0.623. The van der Waals surface area contributed by atoms with Gasteiger partial charge in [-0.1, -0.05) is 6.92 Å². The molecule has 2 nitrogen and oxygen atoms in total. The molecule has 0 aliphatic carbocycles. The van der Waals surface area contributed by atoms with Crippen molar-refractivity contribution < 1.29 is 9.53 Å². The van der Waals surface area contributed by atoms with E-state index in [0.29, 0.717) is 13.0 Å². The van der Waals surface area contributed by atoms with E-state index >= 15 is 0 Å². The lowest BCUT2D eigenvalue weighted by Gasteiger charge is -2.05. The van der Waals surface area contributed by atoms with Gasteiger partial charge in [0.25, 0.3) is 0 Å². The number of esters is 1. The maximum Gasteiger partial charge on any atom is 0.309 e. The van der Waals surface area contributed by atoms with Gasteiger partial charge in [-0.2, -0.15) is 0 Å². The van der Waals surface area contributed by atoms with Crippen LogP contribution in [0.3, 0.4) is 0 Å². The van der Waals surface area contributed by atoms with Gasteiger partial charge in [-0.3, -0.25) is 4.79 Å². The van der Waals surface area contributed by atoms with Crippen LogP contribution in [-0.2, 0) is 9.53 Å². The van der Waals surface area contributed by atoms with Crippen molar-refractivity contribution in [3.05, 3.63) is 0 Å². The minimum atomic E-state index is -0.157. The maximum absolute atomic E-state index is 11.0. The van der Waals surface area contributed by atoms with Crippen LogP contribution < -0.4 is 0 Å². The Bertz CT molecular complexity index is 174. The Hall–Kier alpha value is -0.970. The van der Waals surface area contributed by atoms with E-state index in [2.05, 4.69) is 11.8 Å². The third-order valence-electron chi connectivity index (χ3n) is 1.27. The molecule has 0 unspecified atom stereocenters. The van der Waals surface area contributed by atoms with E-state index in [1.54, 1.807) is 13.8 Å². The molecular weight excluding hydrogens is 140 g/mol. The topological polar surface area (TPSA) is 26.3 Å². The van der Waals surface area contributed by atoms with Gasteiger partial charge < -0.3 is 4.74 Å². The predicted octanol–water partition coefficient (Wildman–Crippen LogP) is 1.60. The molecule has 0 aliphatic heterocycles. The summed E-state index contributed by atoms with van der Waals surface area (Å²) >= 11 is 0. The fourth-order valence-electron chi connectivity index (χ4n) is 0.623. The summed E-state index contributed by atoms with van der Waals surface area (Å²) in [5, 5.41) is 0. The molecule has 0 heterocycles. The van der Waals surface area contributed by atoms with E-state index in [1.807, 2.05) is 6.92 Å². The van der Waals surface area contributed by atoms with E-state index in [9.17, 15) is 4.79 Å². The first-order valence-corrected chi connectivity index (χ1v) is 3.78. The Morgan fingerprint density at radius 3 is 2.73 bits per heavy atom. The van der Waals surface area contributed by atoms with E-state index in [-0.39, 0.29) is 11.9 Å². The smallest absolute Gasteiger partial charge is 0.309 e. The van der Waals surface area contributed by atoms with Gasteiger partial charge in [0.05, 0.1) is 12.5 Å². The van der Waals surface area contributed by atoms with Crippen LogP contribution in [0.1, 0.15) is 27.2 Å². The summed E-state index contributed by atoms with van der Waals surface area (Å²) in [6, 6.07) is 0. The SMILES string of the molecule is CC#CC[C@H](C)C(=O)OCC. The average molecular weight is 154 g/mol. The molecule has 0 radical (unpaired) electrons. The largest absolute Gasteiger partial charge is 0.466 e. The molecule has 0 bridgehead atoms. The van der Waals surface area contributed by atoms with Crippen LogP contribution >= 0.6 is 0 Å². The Labute approximate surface area is 67.9 Å². The second-order valence-corrected chi connectivity index (χ2v) is 2.28. The van der Waals surface area contributed by atoms with Crippen LogP contribution in [-0.4, -0.2) is 12.6 Å². The van der Waals surface area contributed by atoms with Gasteiger partial charge in [-0.15, -0.1) is 11.8 Å². The first-order chi connectivity index (χ1) is 5.22. The van der Waals surface area contributed by atoms with E-state index in [1.165, 1.54) is 0 Å². The van der Waals surface area contributed by atoms with Crippen molar-refractivity contribution in [2.45, 2.75) is 27.2 Å². The molecule has 0 aromatic heterocycles. The molecule has 0 aromatic carbocycles. The molecular formula is C9H14O2. The maximum atomic E-state index is 11.0. The lowest BCUT2D eigenvalue weighted by atomic mass is 10.1. The molecule has 62 valence electrons. The number of rotatable bonds is 3. The number of ether oxygens (including phenoxy) is 1. The van der Waals surface area contributed by atoms with Gasteiger partial charge in [0.1, 0.15) is 0 Å². The van der Waals surface area contributed by atoms with Crippen LogP contribution in [0.15, 0.2) is 0 Å². The van der Waals surface area contributed by atoms with Gasteiger partial charge in [-0.25, -0.2) is 0 Å². The summed E-state index contributed by atoms with van der Waals surface area (Å²) in [5.74, 6) is 5.32. The van der Waals surface area contributed by atoms with Crippen LogP contribution in [0.4, 0.5) is 0 Å². The first-order valence-electron chi connectivity index (χ1n) is 3.78. The molecule has 0 saturated carbocycles. The molecule has 11 heavy (non-hydrogen) atoms. The molecule has 0 aromatic rings. The second kappa shape index (κ2) is 5.79. The summed E-state index contributed by atoms with van der Waals surface area (Å²) in [6.45, 7) is 5.83. The summed E-state index contributed by atoms with van der Waals surface area (Å²) < 4.78 is 4.79. The highest BCUT2D eigenvalue weighted by atomic mass is 16.5. The van der Waals surface area contributed by atoms with Crippen molar-refractivity contribution in [2.24, 2.45) is 5.92 Å². The van der Waals surface area contributed by atoms with Crippen molar-refractivity contribution in [1.82, 2.24) is 0 Å². The van der Waals surface area contributed by atoms with E-state index in [4.69, 9.17) is 4.74 Å². The molecule has 0 rings (SSSR count). The summed E-state index contributed by atoms with van der Waals surface area (Å²) in [7, 11) is 0. The van der Waals surface area contributed by atoms with Crippen molar-refractivity contribution >= 4 is 5.97 Å². The Balaban J connectivity index is 3.69. The van der Waals surface area contributed by atoms with Gasteiger partial charge >= 0.3 is 5.97 Å². The van der Waals surface area contributed by atoms with Gasteiger partial charge in [-0.05, 0) is 13.8 Å². The van der Waals surface area contributed by atoms with Crippen molar-refractivity contribution in [1.29, 1.82) is 0 Å². The fraction of sp³-hybridized carbons (Fsp3) is 0.667. The monoisotopic (exact) mass is 154 g/mol. The number of hydrogen-bond acceptors (Lipinski definition) is 2. The standard InChI is InChI=1S/C9H14O2/c1-4-6-7-8(3)9(10)11-5-2/h8H,5,7H2,1-3H3/t8-/m0/s1. The minimum Gasteiger partial charge on any atom is -0.466 e. The Kier molecular flexibility index (Phi) is 5.28. The van der Waals surface area contributed by atoms with Crippen molar-refractivity contribution in [3.63, 3.8) is 0 Å². The van der Waals surface area contributed by atoms with Gasteiger partial charge in [0.2, 0.25) is 0 Å². The lowest BCUT2D eigenvalue weighted by molar-refractivity contribution is -0.147. The van der Waals surface area contributed by atoms with Crippen LogP contribution in [0.25, 0.3) is 0 Å². The van der Waals surface area contributed by atoms with Gasteiger partial charge in [0, 0.05) is 6.42 Å². The highest BCUT2D eigenvalue weighted by Crippen LogP contribution is 2.02. The van der Waals surface area contributed by atoms with Crippen LogP contribution in [0.2, 0.25) is 0 Å². The van der Waals surface area contributed by atoms with Crippen LogP contribution in [0, 0.1) is 17.8 Å². The number of hydrogen-bond donors (Lipinski definition) is 0. The van der Waals surface area contributed by atoms with Crippen molar-refractivity contribution in [2.75, 3.05) is 6.61 Å². The molecule has 0 N–H and O–H groups in total. The number of carbonyl (C=O) groups is 1. The molecule has 0 saturated heterocycles. The number of carbonyl (C=O) groups excluding carboxylic acids is 1. The summed E-state index contributed by atoms with van der Waals surface area (Å²) in [5.41, 5.74) is 0. The molecule has 2 heteroatoms. The Morgan fingerprint density at radius 2 is 2.27 bits per heavy atom. The normalized spacial score (nSPS) is 11.2. The zero-order valence-electron chi connectivity index (χ0n) is 7.31. The Morgan fingerprint density at radius 1 is 1.64 bits per heavy atom. The third-order valence-corrected chi connectivity index (χ3v) is 1.27. The quantitative estimate of drug-likeness (QED) is 0.456. The predicted molar refractivity (Wildman–Crippen MR) is 43.9 cm³/mol. The lowest BCUT2D eigenvalue weighted by Crippen LogP contribution is -2.13. The van der Waals surface area contributed by atoms with E-state index in [0.717, 1.165) is 0 Å². The molecule has 0 fully saturated rings. The molecule has 1 atom stereocenters. The summed E-state index contributed by atoms with van der Waals surface area (Å²) in [4.78, 5) is 11.0. The van der Waals surface area contributed by atoms with E-state index < -0.39 is 0 Å². The van der Waals surface area contributed by atoms with Crippen molar-refractivity contribution in [3.8, 4) is 11.8 Å².